The van der Waals surface area contributed by atoms with Crippen molar-refractivity contribution >= 4 is 33.1 Å². The van der Waals surface area contributed by atoms with Crippen LogP contribution in [0.2, 0.25) is 5.02 Å². The summed E-state index contributed by atoms with van der Waals surface area (Å²) in [5.41, 5.74) is 0.294. The highest BCUT2D eigenvalue weighted by molar-refractivity contribution is 7.92. The molecule has 1 aromatic carbocycles. The summed E-state index contributed by atoms with van der Waals surface area (Å²) in [5.74, 6) is 1.31. The Morgan fingerprint density at radius 3 is 2.95 bits per heavy atom. The normalized spacial score (nSPS) is 14.7. The predicted molar refractivity (Wildman–Crippen MR) is 75.7 cm³/mol. The summed E-state index contributed by atoms with van der Waals surface area (Å²) in [5, 5.41) is 3.39. The van der Waals surface area contributed by atoms with Crippen LogP contribution in [0.15, 0.2) is 23.2 Å². The van der Waals surface area contributed by atoms with E-state index in [2.05, 4.69) is 15.0 Å². The summed E-state index contributed by atoms with van der Waals surface area (Å²) in [7, 11) is -3.37. The van der Waals surface area contributed by atoms with E-state index in [0.29, 0.717) is 23.1 Å². The Morgan fingerprint density at radius 2 is 2.32 bits per heavy atom. The number of rotatable bonds is 5. The largest absolute Gasteiger partial charge is 0.486 e. The number of amidine groups is 1. The zero-order chi connectivity index (χ0) is 13.9. The SMILES string of the molecule is CS(=O)(=O)Nc1cc(OCC2=NCCN2)ccc1Cl. The molecule has 104 valence electrons. The van der Waals surface area contributed by atoms with Crippen molar-refractivity contribution in [3.63, 3.8) is 0 Å². The highest BCUT2D eigenvalue weighted by atomic mass is 35.5. The fourth-order valence-electron chi connectivity index (χ4n) is 1.57. The van der Waals surface area contributed by atoms with Gasteiger partial charge in [0.25, 0.3) is 0 Å². The molecular weight excluding hydrogens is 290 g/mol. The third kappa shape index (κ3) is 4.29. The first-order valence-electron chi connectivity index (χ1n) is 5.61. The Hall–Kier alpha value is -1.47. The second-order valence-corrected chi connectivity index (χ2v) is 6.22. The van der Waals surface area contributed by atoms with Gasteiger partial charge in [-0.1, -0.05) is 11.6 Å². The van der Waals surface area contributed by atoms with Gasteiger partial charge in [0.05, 0.1) is 23.5 Å². The lowest BCUT2D eigenvalue weighted by Crippen LogP contribution is -2.24. The summed E-state index contributed by atoms with van der Waals surface area (Å²) < 4.78 is 30.2. The zero-order valence-electron chi connectivity index (χ0n) is 10.3. The van der Waals surface area contributed by atoms with Crippen LogP contribution in [0, 0.1) is 0 Å². The first-order valence-corrected chi connectivity index (χ1v) is 7.88. The van der Waals surface area contributed by atoms with Crippen molar-refractivity contribution in [2.75, 3.05) is 30.7 Å². The molecular formula is C11H14ClN3O3S. The Bertz CT molecular complexity index is 601. The molecule has 1 aliphatic rings. The van der Waals surface area contributed by atoms with E-state index in [1.165, 1.54) is 0 Å². The molecule has 0 spiro atoms. The van der Waals surface area contributed by atoms with Gasteiger partial charge in [0.2, 0.25) is 10.0 Å². The molecule has 1 aliphatic heterocycles. The van der Waals surface area contributed by atoms with Crippen molar-refractivity contribution in [3.05, 3.63) is 23.2 Å². The maximum absolute atomic E-state index is 11.2. The molecule has 1 heterocycles. The monoisotopic (exact) mass is 303 g/mol. The number of sulfonamides is 1. The van der Waals surface area contributed by atoms with Gasteiger partial charge in [0.1, 0.15) is 18.2 Å². The van der Waals surface area contributed by atoms with E-state index in [1.807, 2.05) is 0 Å². The van der Waals surface area contributed by atoms with Gasteiger partial charge < -0.3 is 10.1 Å². The van der Waals surface area contributed by atoms with Crippen LogP contribution in [0.3, 0.4) is 0 Å². The van der Waals surface area contributed by atoms with Crippen molar-refractivity contribution in [2.24, 2.45) is 4.99 Å². The number of ether oxygens (including phenoxy) is 1. The Kier molecular flexibility index (Phi) is 4.16. The minimum atomic E-state index is -3.37. The van der Waals surface area contributed by atoms with Crippen molar-refractivity contribution < 1.29 is 13.2 Å². The molecule has 2 N–H and O–H groups in total. The average Bonchev–Trinajstić information content (AvgIpc) is 2.81. The predicted octanol–water partition coefficient (Wildman–Crippen LogP) is 1.09. The summed E-state index contributed by atoms with van der Waals surface area (Å²) in [6, 6.07) is 4.79. The maximum Gasteiger partial charge on any atom is 0.229 e. The van der Waals surface area contributed by atoms with Gasteiger partial charge in [-0.2, -0.15) is 0 Å². The lowest BCUT2D eigenvalue weighted by atomic mass is 10.3. The van der Waals surface area contributed by atoms with Gasteiger partial charge in [-0.05, 0) is 12.1 Å². The molecule has 0 bridgehead atoms. The van der Waals surface area contributed by atoms with Crippen LogP contribution in [-0.2, 0) is 10.0 Å². The second-order valence-electron chi connectivity index (χ2n) is 4.06. The minimum Gasteiger partial charge on any atom is -0.486 e. The van der Waals surface area contributed by atoms with Crippen molar-refractivity contribution in [1.29, 1.82) is 0 Å². The van der Waals surface area contributed by atoms with Gasteiger partial charge in [-0.3, -0.25) is 9.71 Å². The Labute approximate surface area is 116 Å². The number of hydrogen-bond donors (Lipinski definition) is 2. The number of halogens is 1. The number of hydrogen-bond acceptors (Lipinski definition) is 5. The molecule has 0 aliphatic carbocycles. The molecule has 0 aromatic heterocycles. The third-order valence-electron chi connectivity index (χ3n) is 2.35. The Balaban J connectivity index is 2.07. The summed E-state index contributed by atoms with van der Waals surface area (Å²) >= 11 is 5.91. The fourth-order valence-corrected chi connectivity index (χ4v) is 2.36. The first kappa shape index (κ1) is 14.0. The highest BCUT2D eigenvalue weighted by Crippen LogP contribution is 2.27. The Morgan fingerprint density at radius 1 is 1.53 bits per heavy atom. The minimum absolute atomic E-state index is 0.294. The van der Waals surface area contributed by atoms with Crippen LogP contribution in [0.1, 0.15) is 0 Å². The quantitative estimate of drug-likeness (QED) is 0.853. The first-order chi connectivity index (χ1) is 8.94. The van der Waals surface area contributed by atoms with E-state index in [0.717, 1.165) is 25.2 Å². The van der Waals surface area contributed by atoms with Crippen molar-refractivity contribution in [2.45, 2.75) is 0 Å². The van der Waals surface area contributed by atoms with E-state index >= 15 is 0 Å². The average molecular weight is 304 g/mol. The van der Waals surface area contributed by atoms with E-state index in [4.69, 9.17) is 16.3 Å². The molecule has 0 fully saturated rings. The molecule has 0 saturated carbocycles. The molecule has 6 nitrogen and oxygen atoms in total. The summed E-state index contributed by atoms with van der Waals surface area (Å²) in [6.45, 7) is 1.89. The van der Waals surface area contributed by atoms with Gasteiger partial charge in [0, 0.05) is 12.6 Å². The molecule has 0 unspecified atom stereocenters. The van der Waals surface area contributed by atoms with Gasteiger partial charge in [0.15, 0.2) is 0 Å². The number of nitrogens with one attached hydrogen (secondary N) is 2. The van der Waals surface area contributed by atoms with Crippen LogP contribution in [-0.4, -0.2) is 40.2 Å². The molecule has 0 atom stereocenters. The molecule has 2 rings (SSSR count). The number of benzene rings is 1. The smallest absolute Gasteiger partial charge is 0.229 e. The number of aliphatic imine (C=N–C) groups is 1. The van der Waals surface area contributed by atoms with Gasteiger partial charge in [-0.15, -0.1) is 0 Å². The molecule has 0 amide bonds. The van der Waals surface area contributed by atoms with Crippen LogP contribution in [0.25, 0.3) is 0 Å². The highest BCUT2D eigenvalue weighted by Gasteiger charge is 2.09. The molecule has 1 aromatic rings. The molecule has 8 heteroatoms. The van der Waals surface area contributed by atoms with E-state index in [-0.39, 0.29) is 0 Å². The van der Waals surface area contributed by atoms with Crippen LogP contribution in [0.4, 0.5) is 5.69 Å². The fraction of sp³-hybridized carbons (Fsp3) is 0.364. The lowest BCUT2D eigenvalue weighted by Gasteiger charge is -2.10. The van der Waals surface area contributed by atoms with Crippen molar-refractivity contribution in [3.8, 4) is 5.75 Å². The van der Waals surface area contributed by atoms with Crippen LogP contribution in [0.5, 0.6) is 5.75 Å². The van der Waals surface area contributed by atoms with Gasteiger partial charge in [-0.25, -0.2) is 8.42 Å². The summed E-state index contributed by atoms with van der Waals surface area (Å²) in [4.78, 5) is 4.19. The lowest BCUT2D eigenvalue weighted by molar-refractivity contribution is 0.374. The van der Waals surface area contributed by atoms with Gasteiger partial charge >= 0.3 is 0 Å². The maximum atomic E-state index is 11.2. The standard InChI is InChI=1S/C11H14ClN3O3S/c1-19(16,17)15-10-6-8(2-3-9(10)12)18-7-11-13-4-5-14-11/h2-3,6,15H,4-5,7H2,1H3,(H,13,14). The molecule has 0 radical (unpaired) electrons. The van der Waals surface area contributed by atoms with E-state index in [1.54, 1.807) is 18.2 Å². The van der Waals surface area contributed by atoms with Crippen molar-refractivity contribution in [1.82, 2.24) is 5.32 Å². The van der Waals surface area contributed by atoms with Crippen LogP contribution < -0.4 is 14.8 Å². The topological polar surface area (TPSA) is 79.8 Å². The number of anilines is 1. The second kappa shape index (κ2) is 5.66. The van der Waals surface area contributed by atoms with Crippen LogP contribution >= 0.6 is 11.6 Å². The van der Waals surface area contributed by atoms with E-state index < -0.39 is 10.0 Å². The molecule has 0 saturated heterocycles. The zero-order valence-corrected chi connectivity index (χ0v) is 11.9. The number of nitrogens with zero attached hydrogens (tertiary/aromatic N) is 1. The third-order valence-corrected chi connectivity index (χ3v) is 3.27. The molecule has 19 heavy (non-hydrogen) atoms. The van der Waals surface area contributed by atoms with E-state index in [9.17, 15) is 8.42 Å². The summed E-state index contributed by atoms with van der Waals surface area (Å²) in [6.07, 6.45) is 1.06.